The van der Waals surface area contributed by atoms with Gasteiger partial charge in [-0.2, -0.15) is 5.26 Å². The molecule has 2 N–H and O–H groups in total. The molecular weight excluding hydrogens is 270 g/mol. The molecule has 1 saturated carbocycles. The van der Waals surface area contributed by atoms with Crippen LogP contribution in [0.15, 0.2) is 18.3 Å². The van der Waals surface area contributed by atoms with Crippen LogP contribution in [0.3, 0.4) is 0 Å². The molecule has 0 atom stereocenters. The summed E-state index contributed by atoms with van der Waals surface area (Å²) < 4.78 is 0. The molecule has 1 aromatic heterocycles. The van der Waals surface area contributed by atoms with Crippen molar-refractivity contribution in [1.29, 1.82) is 5.26 Å². The first kappa shape index (κ1) is 15.0. The number of rotatable bonds is 4. The van der Waals surface area contributed by atoms with Crippen molar-refractivity contribution in [1.82, 2.24) is 10.3 Å². The second-order valence-corrected chi connectivity index (χ2v) is 5.31. The van der Waals surface area contributed by atoms with Crippen LogP contribution >= 0.6 is 0 Å². The number of aliphatic carboxylic acids is 1. The molecule has 6 heteroatoms. The zero-order chi connectivity index (χ0) is 15.2. The Hall–Kier alpha value is -2.42. The Balaban J connectivity index is 1.79. The monoisotopic (exact) mass is 287 g/mol. The molecule has 1 fully saturated rings. The van der Waals surface area contributed by atoms with E-state index in [0.717, 1.165) is 12.8 Å². The van der Waals surface area contributed by atoms with E-state index in [4.69, 9.17) is 10.4 Å². The number of carbonyl (C=O) groups excluding carboxylic acids is 1. The number of carboxylic acids is 1. The Morgan fingerprint density at radius 1 is 1.33 bits per heavy atom. The third kappa shape index (κ3) is 4.02. The molecule has 0 saturated heterocycles. The number of carbonyl (C=O) groups is 2. The van der Waals surface area contributed by atoms with Crippen molar-refractivity contribution in [3.05, 3.63) is 29.6 Å². The summed E-state index contributed by atoms with van der Waals surface area (Å²) in [6, 6.07) is 5.03. The van der Waals surface area contributed by atoms with Crippen molar-refractivity contribution < 1.29 is 14.7 Å². The molecule has 1 aliphatic carbocycles. The number of nitrogens with zero attached hydrogens (tertiary/aromatic N) is 2. The fourth-order valence-electron chi connectivity index (χ4n) is 2.54. The van der Waals surface area contributed by atoms with E-state index in [1.165, 1.54) is 12.3 Å². The molecule has 21 heavy (non-hydrogen) atoms. The van der Waals surface area contributed by atoms with E-state index in [0.29, 0.717) is 30.9 Å². The van der Waals surface area contributed by atoms with Crippen molar-refractivity contribution >= 4 is 11.9 Å². The van der Waals surface area contributed by atoms with Gasteiger partial charge in [-0.05, 0) is 43.7 Å². The van der Waals surface area contributed by atoms with Gasteiger partial charge in [-0.25, -0.2) is 4.98 Å². The summed E-state index contributed by atoms with van der Waals surface area (Å²) in [5, 5.41) is 20.4. The van der Waals surface area contributed by atoms with Crippen LogP contribution in [-0.2, 0) is 4.79 Å². The van der Waals surface area contributed by atoms with Gasteiger partial charge in [-0.1, -0.05) is 0 Å². The molecule has 6 nitrogen and oxygen atoms in total. The maximum atomic E-state index is 11.9. The third-order valence-corrected chi connectivity index (χ3v) is 3.87. The lowest BCUT2D eigenvalue weighted by atomic mass is 9.82. The minimum absolute atomic E-state index is 0.239. The SMILES string of the molecule is N#Cc1ccc(C(=O)NCC2CCC(C(=O)O)CC2)nc1. The van der Waals surface area contributed by atoms with Crippen LogP contribution < -0.4 is 5.32 Å². The van der Waals surface area contributed by atoms with Crippen LogP contribution in [-0.4, -0.2) is 28.5 Å². The zero-order valence-electron chi connectivity index (χ0n) is 11.6. The lowest BCUT2D eigenvalue weighted by Gasteiger charge is -2.26. The highest BCUT2D eigenvalue weighted by molar-refractivity contribution is 5.92. The minimum Gasteiger partial charge on any atom is -0.481 e. The summed E-state index contributed by atoms with van der Waals surface area (Å²) in [5.74, 6) is -0.904. The zero-order valence-corrected chi connectivity index (χ0v) is 11.6. The van der Waals surface area contributed by atoms with Crippen LogP contribution in [0.25, 0.3) is 0 Å². The predicted molar refractivity (Wildman–Crippen MR) is 74.4 cm³/mol. The highest BCUT2D eigenvalue weighted by Gasteiger charge is 2.26. The molecule has 1 amide bonds. The summed E-state index contributed by atoms with van der Waals surface area (Å²) in [6.45, 7) is 0.535. The number of pyridine rings is 1. The normalized spacial score (nSPS) is 21.3. The summed E-state index contributed by atoms with van der Waals surface area (Å²) in [7, 11) is 0. The van der Waals surface area contributed by atoms with E-state index in [-0.39, 0.29) is 17.5 Å². The van der Waals surface area contributed by atoms with Crippen LogP contribution in [0, 0.1) is 23.2 Å². The molecule has 0 radical (unpaired) electrons. The van der Waals surface area contributed by atoms with Crippen molar-refractivity contribution in [2.24, 2.45) is 11.8 Å². The fraction of sp³-hybridized carbons (Fsp3) is 0.467. The molecule has 1 aliphatic rings. The van der Waals surface area contributed by atoms with Crippen LogP contribution in [0.5, 0.6) is 0 Å². The Morgan fingerprint density at radius 2 is 2.05 bits per heavy atom. The molecule has 110 valence electrons. The van der Waals surface area contributed by atoms with E-state index in [9.17, 15) is 9.59 Å². The Labute approximate surface area is 122 Å². The van der Waals surface area contributed by atoms with Gasteiger partial charge < -0.3 is 10.4 Å². The highest BCUT2D eigenvalue weighted by Crippen LogP contribution is 2.28. The van der Waals surface area contributed by atoms with Gasteiger partial charge in [0.15, 0.2) is 0 Å². The average molecular weight is 287 g/mol. The Morgan fingerprint density at radius 3 is 2.57 bits per heavy atom. The standard InChI is InChI=1S/C15H17N3O3/c16-7-11-3-6-13(17-9-11)14(19)18-8-10-1-4-12(5-2-10)15(20)21/h3,6,9-10,12H,1-2,4-5,8H2,(H,18,19)(H,20,21). The topological polar surface area (TPSA) is 103 Å². The van der Waals surface area contributed by atoms with Crippen LogP contribution in [0.4, 0.5) is 0 Å². The Bertz CT molecular complexity index is 555. The number of nitrogens with one attached hydrogen (secondary N) is 1. The van der Waals surface area contributed by atoms with Crippen molar-refractivity contribution in [2.45, 2.75) is 25.7 Å². The molecule has 0 bridgehead atoms. The largest absolute Gasteiger partial charge is 0.481 e. The first-order valence-corrected chi connectivity index (χ1v) is 6.97. The Kier molecular flexibility index (Phi) is 4.88. The molecule has 0 aromatic carbocycles. The smallest absolute Gasteiger partial charge is 0.306 e. The van der Waals surface area contributed by atoms with Gasteiger partial charge in [0.25, 0.3) is 5.91 Å². The molecule has 1 aromatic rings. The number of aromatic nitrogens is 1. The van der Waals surface area contributed by atoms with E-state index >= 15 is 0 Å². The van der Waals surface area contributed by atoms with Gasteiger partial charge in [-0.15, -0.1) is 0 Å². The second-order valence-electron chi connectivity index (χ2n) is 5.31. The maximum Gasteiger partial charge on any atom is 0.306 e. The molecule has 2 rings (SSSR count). The second kappa shape index (κ2) is 6.84. The number of hydrogen-bond acceptors (Lipinski definition) is 4. The van der Waals surface area contributed by atoms with Gasteiger partial charge in [0.2, 0.25) is 0 Å². The van der Waals surface area contributed by atoms with Gasteiger partial charge in [0.05, 0.1) is 11.5 Å². The average Bonchev–Trinajstić information content (AvgIpc) is 2.53. The van der Waals surface area contributed by atoms with E-state index in [1.807, 2.05) is 6.07 Å². The fourth-order valence-corrected chi connectivity index (χ4v) is 2.54. The number of nitriles is 1. The molecule has 1 heterocycles. The van der Waals surface area contributed by atoms with Crippen molar-refractivity contribution in [3.8, 4) is 6.07 Å². The van der Waals surface area contributed by atoms with Gasteiger partial charge in [0, 0.05) is 12.7 Å². The first-order chi connectivity index (χ1) is 10.1. The molecular formula is C15H17N3O3. The number of hydrogen-bond donors (Lipinski definition) is 2. The van der Waals surface area contributed by atoms with Crippen LogP contribution in [0.2, 0.25) is 0 Å². The summed E-state index contributed by atoms with van der Waals surface area (Å²) in [4.78, 5) is 26.7. The van der Waals surface area contributed by atoms with E-state index in [1.54, 1.807) is 6.07 Å². The van der Waals surface area contributed by atoms with E-state index in [2.05, 4.69) is 10.3 Å². The molecule has 0 aliphatic heterocycles. The van der Waals surface area contributed by atoms with Gasteiger partial charge >= 0.3 is 5.97 Å². The van der Waals surface area contributed by atoms with Gasteiger partial charge in [-0.3, -0.25) is 9.59 Å². The summed E-state index contributed by atoms with van der Waals surface area (Å²) in [5.41, 5.74) is 0.701. The molecule has 0 spiro atoms. The third-order valence-electron chi connectivity index (χ3n) is 3.87. The van der Waals surface area contributed by atoms with Crippen molar-refractivity contribution in [3.63, 3.8) is 0 Å². The quantitative estimate of drug-likeness (QED) is 0.875. The lowest BCUT2D eigenvalue weighted by Crippen LogP contribution is -2.32. The van der Waals surface area contributed by atoms with Gasteiger partial charge in [0.1, 0.15) is 11.8 Å². The first-order valence-electron chi connectivity index (χ1n) is 6.97. The summed E-state index contributed by atoms with van der Waals surface area (Å²) >= 11 is 0. The van der Waals surface area contributed by atoms with E-state index < -0.39 is 5.97 Å². The maximum absolute atomic E-state index is 11.9. The number of amides is 1. The lowest BCUT2D eigenvalue weighted by molar-refractivity contribution is -0.143. The van der Waals surface area contributed by atoms with Crippen molar-refractivity contribution in [2.75, 3.05) is 6.54 Å². The summed E-state index contributed by atoms with van der Waals surface area (Å²) in [6.07, 6.45) is 4.35. The minimum atomic E-state index is -0.723. The van der Waals surface area contributed by atoms with Crippen LogP contribution in [0.1, 0.15) is 41.7 Å². The predicted octanol–water partition coefficient (Wildman–Crippen LogP) is 1.57. The number of carboxylic acid groups (broad SMARTS) is 1. The highest BCUT2D eigenvalue weighted by atomic mass is 16.4. The molecule has 0 unspecified atom stereocenters.